The minimum Gasteiger partial charge on any atom is -0.497 e. The molecule has 2 heterocycles. The van der Waals surface area contributed by atoms with Crippen molar-refractivity contribution in [3.05, 3.63) is 48.5 Å². The molecule has 0 radical (unpaired) electrons. The zero-order chi connectivity index (χ0) is 23.4. The largest absolute Gasteiger partial charge is 0.497 e. The van der Waals surface area contributed by atoms with Gasteiger partial charge in [0.25, 0.3) is 0 Å². The number of piperazine rings is 1. The van der Waals surface area contributed by atoms with Crippen molar-refractivity contribution < 1.29 is 19.1 Å². The zero-order valence-corrected chi connectivity index (χ0v) is 19.5. The third-order valence-corrected chi connectivity index (χ3v) is 6.32. The van der Waals surface area contributed by atoms with Crippen LogP contribution in [0.5, 0.6) is 11.5 Å². The summed E-state index contributed by atoms with van der Waals surface area (Å²) in [4.78, 5) is 32.1. The summed E-state index contributed by atoms with van der Waals surface area (Å²) in [5.74, 6) is 1.41. The highest BCUT2D eigenvalue weighted by molar-refractivity contribution is 6.14. The Morgan fingerprint density at radius 1 is 0.970 bits per heavy atom. The standard InChI is InChI=1S/C25H32N4O4/c1-25(2)24(31)26-21-6-4-5-7-22(21)29(25)23(30)18-28-14-12-27(13-15-28)16-17-33-20-10-8-19(32-3)9-11-20/h4-11H,12-18H2,1-3H3,(H,26,31). The maximum Gasteiger partial charge on any atom is 0.250 e. The fourth-order valence-corrected chi connectivity index (χ4v) is 4.30. The molecule has 0 unspecified atom stereocenters. The van der Waals surface area contributed by atoms with E-state index in [2.05, 4.69) is 15.1 Å². The van der Waals surface area contributed by atoms with E-state index in [0.29, 0.717) is 18.8 Å². The van der Waals surface area contributed by atoms with Gasteiger partial charge in [0.2, 0.25) is 11.8 Å². The number of amides is 2. The molecule has 2 aliphatic heterocycles. The maximum absolute atomic E-state index is 13.3. The van der Waals surface area contributed by atoms with Gasteiger partial charge in [-0.15, -0.1) is 0 Å². The highest BCUT2D eigenvalue weighted by atomic mass is 16.5. The molecule has 0 aliphatic carbocycles. The Hall–Kier alpha value is -3.10. The quantitative estimate of drug-likeness (QED) is 0.696. The summed E-state index contributed by atoms with van der Waals surface area (Å²) >= 11 is 0. The summed E-state index contributed by atoms with van der Waals surface area (Å²) in [5, 5.41) is 2.91. The van der Waals surface area contributed by atoms with E-state index in [1.165, 1.54) is 0 Å². The fraction of sp³-hybridized carbons (Fsp3) is 0.440. The van der Waals surface area contributed by atoms with E-state index in [0.717, 1.165) is 49.9 Å². The Balaban J connectivity index is 1.27. The number of nitrogens with one attached hydrogen (secondary N) is 1. The molecular weight excluding hydrogens is 420 g/mol. The highest BCUT2D eigenvalue weighted by Crippen LogP contribution is 2.36. The molecule has 0 saturated carbocycles. The molecule has 0 bridgehead atoms. The van der Waals surface area contributed by atoms with Gasteiger partial charge in [0, 0.05) is 32.7 Å². The maximum atomic E-state index is 13.3. The molecule has 2 aromatic rings. The van der Waals surface area contributed by atoms with E-state index in [1.54, 1.807) is 25.9 Å². The van der Waals surface area contributed by atoms with Gasteiger partial charge in [-0.05, 0) is 50.2 Å². The SMILES string of the molecule is COc1ccc(OCCN2CCN(CC(=O)N3c4ccccc4NC(=O)C3(C)C)CC2)cc1. The second-order valence-electron chi connectivity index (χ2n) is 8.90. The number of hydrogen-bond donors (Lipinski definition) is 1. The molecule has 8 heteroatoms. The lowest BCUT2D eigenvalue weighted by Crippen LogP contribution is -2.61. The third kappa shape index (κ3) is 5.12. The van der Waals surface area contributed by atoms with Crippen molar-refractivity contribution in [1.82, 2.24) is 9.80 Å². The lowest BCUT2D eigenvalue weighted by molar-refractivity contribution is -0.127. The molecule has 0 spiro atoms. The van der Waals surface area contributed by atoms with Gasteiger partial charge in [0.05, 0.1) is 25.0 Å². The van der Waals surface area contributed by atoms with Crippen LogP contribution >= 0.6 is 0 Å². The van der Waals surface area contributed by atoms with Gasteiger partial charge in [-0.2, -0.15) is 0 Å². The molecule has 33 heavy (non-hydrogen) atoms. The minimum absolute atomic E-state index is 0.0569. The third-order valence-electron chi connectivity index (χ3n) is 6.32. The molecule has 1 fully saturated rings. The Morgan fingerprint density at radius 3 is 2.30 bits per heavy atom. The molecule has 1 saturated heterocycles. The summed E-state index contributed by atoms with van der Waals surface area (Å²) in [5.41, 5.74) is 0.491. The van der Waals surface area contributed by atoms with Gasteiger partial charge in [-0.1, -0.05) is 12.1 Å². The minimum atomic E-state index is -0.938. The molecule has 0 aromatic heterocycles. The molecule has 2 aliphatic rings. The number of methoxy groups -OCH3 is 1. The van der Waals surface area contributed by atoms with Crippen LogP contribution in [0.1, 0.15) is 13.8 Å². The van der Waals surface area contributed by atoms with E-state index in [-0.39, 0.29) is 11.8 Å². The van der Waals surface area contributed by atoms with Crippen LogP contribution < -0.4 is 19.7 Å². The number of para-hydroxylation sites is 2. The fourth-order valence-electron chi connectivity index (χ4n) is 4.30. The topological polar surface area (TPSA) is 74.4 Å². The van der Waals surface area contributed by atoms with Crippen molar-refractivity contribution in [2.24, 2.45) is 0 Å². The van der Waals surface area contributed by atoms with Crippen LogP contribution in [0.15, 0.2) is 48.5 Å². The van der Waals surface area contributed by atoms with Crippen molar-refractivity contribution in [2.45, 2.75) is 19.4 Å². The number of anilines is 2. The number of ether oxygens (including phenoxy) is 2. The average Bonchev–Trinajstić information content (AvgIpc) is 2.81. The van der Waals surface area contributed by atoms with Gasteiger partial charge in [0.15, 0.2) is 0 Å². The predicted molar refractivity (Wildman–Crippen MR) is 128 cm³/mol. The Kier molecular flexibility index (Phi) is 6.85. The summed E-state index contributed by atoms with van der Waals surface area (Å²) in [6, 6.07) is 15.0. The average molecular weight is 453 g/mol. The second-order valence-corrected chi connectivity index (χ2v) is 8.90. The summed E-state index contributed by atoms with van der Waals surface area (Å²) in [6.45, 7) is 8.67. The summed E-state index contributed by atoms with van der Waals surface area (Å²) < 4.78 is 11.0. The number of fused-ring (bicyclic) bond motifs is 1. The van der Waals surface area contributed by atoms with Gasteiger partial charge in [-0.3, -0.25) is 24.3 Å². The summed E-state index contributed by atoms with van der Waals surface area (Å²) in [6.07, 6.45) is 0. The molecule has 2 amide bonds. The first-order valence-corrected chi connectivity index (χ1v) is 11.3. The van der Waals surface area contributed by atoms with Crippen molar-refractivity contribution in [2.75, 3.05) is 63.2 Å². The van der Waals surface area contributed by atoms with Crippen LogP contribution in [0.2, 0.25) is 0 Å². The van der Waals surface area contributed by atoms with Crippen LogP contribution in [-0.2, 0) is 9.59 Å². The molecule has 2 aromatic carbocycles. The lowest BCUT2D eigenvalue weighted by Gasteiger charge is -2.43. The Bertz CT molecular complexity index is 984. The van der Waals surface area contributed by atoms with Crippen LogP contribution in [-0.4, -0.2) is 80.1 Å². The predicted octanol–water partition coefficient (Wildman–Crippen LogP) is 2.46. The van der Waals surface area contributed by atoms with E-state index in [1.807, 2.05) is 48.5 Å². The molecular formula is C25H32N4O4. The molecule has 0 atom stereocenters. The number of carbonyl (C=O) groups excluding carboxylic acids is 2. The van der Waals surface area contributed by atoms with Crippen LogP contribution in [0.25, 0.3) is 0 Å². The second kappa shape index (κ2) is 9.80. The Labute approximate surface area is 195 Å². The number of benzene rings is 2. The first-order valence-electron chi connectivity index (χ1n) is 11.3. The van der Waals surface area contributed by atoms with Crippen LogP contribution in [0.4, 0.5) is 11.4 Å². The van der Waals surface area contributed by atoms with Gasteiger partial charge in [0.1, 0.15) is 23.6 Å². The van der Waals surface area contributed by atoms with E-state index >= 15 is 0 Å². The number of carbonyl (C=O) groups is 2. The van der Waals surface area contributed by atoms with Crippen molar-refractivity contribution in [1.29, 1.82) is 0 Å². The highest BCUT2D eigenvalue weighted by Gasteiger charge is 2.43. The van der Waals surface area contributed by atoms with E-state index < -0.39 is 5.54 Å². The smallest absolute Gasteiger partial charge is 0.250 e. The van der Waals surface area contributed by atoms with Crippen LogP contribution in [0.3, 0.4) is 0 Å². The number of nitrogens with zero attached hydrogens (tertiary/aromatic N) is 3. The van der Waals surface area contributed by atoms with E-state index in [4.69, 9.17) is 9.47 Å². The van der Waals surface area contributed by atoms with Gasteiger partial charge in [-0.25, -0.2) is 0 Å². The molecule has 176 valence electrons. The van der Waals surface area contributed by atoms with Crippen molar-refractivity contribution >= 4 is 23.2 Å². The summed E-state index contributed by atoms with van der Waals surface area (Å²) in [7, 11) is 1.64. The normalized spacial score (nSPS) is 18.4. The molecule has 1 N–H and O–H groups in total. The monoisotopic (exact) mass is 452 g/mol. The van der Waals surface area contributed by atoms with E-state index in [9.17, 15) is 9.59 Å². The van der Waals surface area contributed by atoms with Gasteiger partial charge < -0.3 is 14.8 Å². The van der Waals surface area contributed by atoms with Crippen molar-refractivity contribution in [3.63, 3.8) is 0 Å². The number of rotatable bonds is 7. The van der Waals surface area contributed by atoms with Crippen molar-refractivity contribution in [3.8, 4) is 11.5 Å². The Morgan fingerprint density at radius 2 is 1.61 bits per heavy atom. The lowest BCUT2D eigenvalue weighted by atomic mass is 9.96. The molecule has 8 nitrogen and oxygen atoms in total. The van der Waals surface area contributed by atoms with Gasteiger partial charge >= 0.3 is 0 Å². The molecule has 4 rings (SSSR count). The number of hydrogen-bond acceptors (Lipinski definition) is 6. The zero-order valence-electron chi connectivity index (χ0n) is 19.5. The van der Waals surface area contributed by atoms with Crippen LogP contribution in [0, 0.1) is 0 Å². The first-order chi connectivity index (χ1) is 15.9. The first kappa shape index (κ1) is 23.1.